The monoisotopic (exact) mass is 511 g/mol. The zero-order valence-corrected chi connectivity index (χ0v) is 21.3. The van der Waals surface area contributed by atoms with E-state index in [0.29, 0.717) is 25.9 Å². The summed E-state index contributed by atoms with van der Waals surface area (Å²) in [5.41, 5.74) is 3.56. The third kappa shape index (κ3) is 5.46. The smallest absolute Gasteiger partial charge is 0.243 e. The van der Waals surface area contributed by atoms with Crippen LogP contribution in [0.5, 0.6) is 0 Å². The minimum absolute atomic E-state index is 0. The van der Waals surface area contributed by atoms with Crippen molar-refractivity contribution >= 4 is 18.3 Å². The van der Waals surface area contributed by atoms with Crippen molar-refractivity contribution in [3.05, 3.63) is 107 Å². The van der Waals surface area contributed by atoms with E-state index in [2.05, 4.69) is 21.9 Å². The Morgan fingerprint density at radius 1 is 0.833 bits per heavy atom. The predicted octanol–water partition coefficient (Wildman–Crippen LogP) is 4.70. The fraction of sp³-hybridized carbons (Fsp3) is 0.345. The Morgan fingerprint density at radius 2 is 1.39 bits per heavy atom. The molecule has 1 aliphatic heterocycles. The topological polar surface area (TPSA) is 26.8 Å². The predicted molar refractivity (Wildman–Crippen MR) is 140 cm³/mol. The van der Waals surface area contributed by atoms with Gasteiger partial charge in [0.05, 0.1) is 0 Å². The number of hydrogen-bond donors (Lipinski definition) is 0. The second kappa shape index (κ2) is 11.1. The number of carbonyl (C=O) groups is 1. The molecule has 0 radical (unpaired) electrons. The number of nitrogens with zero attached hydrogens (tertiary/aromatic N) is 3. The van der Waals surface area contributed by atoms with Crippen LogP contribution in [-0.4, -0.2) is 59.4 Å². The second-order valence-corrected chi connectivity index (χ2v) is 9.84. The molecule has 0 N–H and O–H groups in total. The Balaban J connectivity index is 0.00000304. The number of rotatable bonds is 6. The molecule has 7 heteroatoms. The van der Waals surface area contributed by atoms with Gasteiger partial charge in [-0.3, -0.25) is 14.6 Å². The largest absolute Gasteiger partial charge is 0.340 e. The minimum atomic E-state index is -0.642. The highest BCUT2D eigenvalue weighted by Crippen LogP contribution is 2.37. The quantitative estimate of drug-likeness (QED) is 0.480. The number of fused-ring (bicyclic) bond motifs is 1. The molecule has 0 saturated carbocycles. The Morgan fingerprint density at radius 3 is 1.97 bits per heavy atom. The summed E-state index contributed by atoms with van der Waals surface area (Å²) in [6, 6.07) is 21.5. The summed E-state index contributed by atoms with van der Waals surface area (Å²) in [4.78, 5) is 20.5. The lowest BCUT2D eigenvalue weighted by Gasteiger charge is -2.46. The first-order valence-electron chi connectivity index (χ1n) is 12.2. The van der Waals surface area contributed by atoms with Gasteiger partial charge in [0.1, 0.15) is 17.2 Å². The molecule has 1 saturated heterocycles. The summed E-state index contributed by atoms with van der Waals surface area (Å²) in [6.45, 7) is 4.23. The van der Waals surface area contributed by atoms with Gasteiger partial charge in [-0.25, -0.2) is 8.78 Å². The number of amides is 1. The van der Waals surface area contributed by atoms with Crippen molar-refractivity contribution in [1.29, 1.82) is 0 Å². The van der Waals surface area contributed by atoms with Crippen LogP contribution in [0.15, 0.2) is 72.8 Å². The number of piperazine rings is 1. The van der Waals surface area contributed by atoms with Crippen molar-refractivity contribution in [2.24, 2.45) is 0 Å². The molecular weight excluding hydrogens is 480 g/mol. The van der Waals surface area contributed by atoms with Crippen LogP contribution in [0.2, 0.25) is 0 Å². The average Bonchev–Trinajstić information content (AvgIpc) is 3.25. The SMILES string of the molecule is CN(Cc1cccc(F)c1)C(=O)C1(N2CCN(Cc3cccc(F)c3)CC2)Cc2ccccc2C1.Cl. The summed E-state index contributed by atoms with van der Waals surface area (Å²) in [7, 11) is 1.82. The van der Waals surface area contributed by atoms with Gasteiger partial charge in [0.25, 0.3) is 0 Å². The molecule has 4 nitrogen and oxygen atoms in total. The van der Waals surface area contributed by atoms with E-state index in [1.807, 2.05) is 31.3 Å². The molecule has 2 aliphatic rings. The minimum Gasteiger partial charge on any atom is -0.340 e. The standard InChI is InChI=1S/C29H31F2N3O.ClH/c1-32(20-22-6-4-10-26(30)16-22)28(35)29(18-24-8-2-3-9-25(24)19-29)34-14-12-33(13-15-34)21-23-7-5-11-27(31)17-23;/h2-11,16-17H,12-15,18-21H2,1H3;1H. The van der Waals surface area contributed by atoms with E-state index in [4.69, 9.17) is 0 Å². The third-order valence-electron chi connectivity index (χ3n) is 7.41. The van der Waals surface area contributed by atoms with Crippen LogP contribution in [-0.2, 0) is 30.7 Å². The van der Waals surface area contributed by atoms with Gasteiger partial charge in [-0.1, -0.05) is 48.5 Å². The van der Waals surface area contributed by atoms with E-state index in [1.165, 1.54) is 29.3 Å². The lowest BCUT2D eigenvalue weighted by Crippen LogP contribution is -2.64. The summed E-state index contributed by atoms with van der Waals surface area (Å²) < 4.78 is 27.4. The number of likely N-dealkylation sites (N-methyl/N-ethyl adjacent to an activating group) is 1. The highest BCUT2D eigenvalue weighted by atomic mass is 35.5. The molecule has 1 amide bonds. The van der Waals surface area contributed by atoms with Gasteiger partial charge in [0, 0.05) is 59.2 Å². The summed E-state index contributed by atoms with van der Waals surface area (Å²) in [6.07, 6.45) is 1.36. The first-order chi connectivity index (χ1) is 16.9. The van der Waals surface area contributed by atoms with E-state index in [-0.39, 0.29) is 29.9 Å². The molecule has 0 unspecified atom stereocenters. The van der Waals surface area contributed by atoms with Crippen molar-refractivity contribution in [2.75, 3.05) is 33.2 Å². The Hall–Kier alpha value is -2.80. The molecule has 1 fully saturated rings. The van der Waals surface area contributed by atoms with Gasteiger partial charge < -0.3 is 4.90 Å². The molecule has 0 atom stereocenters. The molecule has 190 valence electrons. The Kier molecular flexibility index (Phi) is 8.08. The van der Waals surface area contributed by atoms with Crippen LogP contribution in [0.25, 0.3) is 0 Å². The van der Waals surface area contributed by atoms with Gasteiger partial charge >= 0.3 is 0 Å². The lowest BCUT2D eigenvalue weighted by molar-refractivity contribution is -0.145. The maximum atomic E-state index is 14.1. The Bertz CT molecular complexity index is 1190. The van der Waals surface area contributed by atoms with Gasteiger partial charge in [0.2, 0.25) is 5.91 Å². The van der Waals surface area contributed by atoms with Crippen molar-refractivity contribution in [2.45, 2.75) is 31.5 Å². The summed E-state index contributed by atoms with van der Waals surface area (Å²) in [5.74, 6) is -0.423. The zero-order valence-electron chi connectivity index (χ0n) is 20.5. The Labute approximate surface area is 217 Å². The van der Waals surface area contributed by atoms with E-state index < -0.39 is 5.54 Å². The molecule has 1 heterocycles. The molecule has 5 rings (SSSR count). The first kappa shape index (κ1) is 26.3. The lowest BCUT2D eigenvalue weighted by atomic mass is 9.90. The molecule has 36 heavy (non-hydrogen) atoms. The normalized spacial score (nSPS) is 17.3. The van der Waals surface area contributed by atoms with Gasteiger partial charge in [-0.05, 0) is 46.5 Å². The zero-order chi connectivity index (χ0) is 24.4. The van der Waals surface area contributed by atoms with E-state index in [9.17, 15) is 13.6 Å². The van der Waals surface area contributed by atoms with Crippen molar-refractivity contribution in [3.63, 3.8) is 0 Å². The van der Waals surface area contributed by atoms with E-state index in [0.717, 1.165) is 37.3 Å². The fourth-order valence-corrected chi connectivity index (χ4v) is 5.67. The van der Waals surface area contributed by atoms with E-state index in [1.54, 1.807) is 23.1 Å². The van der Waals surface area contributed by atoms with E-state index >= 15 is 0 Å². The molecule has 0 spiro atoms. The van der Waals surface area contributed by atoms with Gasteiger partial charge in [-0.15, -0.1) is 12.4 Å². The highest BCUT2D eigenvalue weighted by molar-refractivity contribution is 5.88. The molecule has 0 bridgehead atoms. The number of carbonyl (C=O) groups excluding carboxylic acids is 1. The number of hydrogen-bond acceptors (Lipinski definition) is 3. The molecule has 3 aromatic rings. The molecule has 0 aromatic heterocycles. The third-order valence-corrected chi connectivity index (χ3v) is 7.41. The maximum Gasteiger partial charge on any atom is 0.243 e. The maximum absolute atomic E-state index is 14.1. The second-order valence-electron chi connectivity index (χ2n) is 9.84. The number of halogens is 3. The van der Waals surface area contributed by atoms with Crippen LogP contribution in [0.4, 0.5) is 8.78 Å². The van der Waals surface area contributed by atoms with Gasteiger partial charge in [-0.2, -0.15) is 0 Å². The average molecular weight is 512 g/mol. The van der Waals surface area contributed by atoms with Crippen molar-refractivity contribution < 1.29 is 13.6 Å². The highest BCUT2D eigenvalue weighted by Gasteiger charge is 2.50. The van der Waals surface area contributed by atoms with Gasteiger partial charge in [0.15, 0.2) is 0 Å². The summed E-state index contributed by atoms with van der Waals surface area (Å²) in [5, 5.41) is 0. The summed E-state index contributed by atoms with van der Waals surface area (Å²) >= 11 is 0. The molecule has 3 aromatic carbocycles. The molecular formula is C29H32ClF2N3O. The van der Waals surface area contributed by atoms with Crippen LogP contribution in [0.1, 0.15) is 22.3 Å². The van der Waals surface area contributed by atoms with Crippen LogP contribution in [0, 0.1) is 11.6 Å². The first-order valence-corrected chi connectivity index (χ1v) is 12.2. The fourth-order valence-electron chi connectivity index (χ4n) is 5.67. The van der Waals surface area contributed by atoms with Crippen LogP contribution in [0.3, 0.4) is 0 Å². The molecule has 1 aliphatic carbocycles. The van der Waals surface area contributed by atoms with Crippen molar-refractivity contribution in [1.82, 2.24) is 14.7 Å². The number of benzene rings is 3. The van der Waals surface area contributed by atoms with Crippen molar-refractivity contribution in [3.8, 4) is 0 Å². The van der Waals surface area contributed by atoms with Crippen LogP contribution >= 0.6 is 12.4 Å². The van der Waals surface area contributed by atoms with Crippen LogP contribution < -0.4 is 0 Å².